The van der Waals surface area contributed by atoms with Crippen molar-refractivity contribution in [3.05, 3.63) is 65.2 Å². The second-order valence-corrected chi connectivity index (χ2v) is 7.04. The molecule has 0 fully saturated rings. The summed E-state index contributed by atoms with van der Waals surface area (Å²) in [6.45, 7) is 2.27. The van der Waals surface area contributed by atoms with Crippen LogP contribution in [0.1, 0.15) is 16.7 Å². The topological polar surface area (TPSA) is 63.4 Å². The first-order chi connectivity index (χ1) is 9.94. The Bertz CT molecular complexity index is 727. The Hall–Kier alpha value is -1.85. The molecule has 2 aromatic rings. The van der Waals surface area contributed by atoms with Crippen molar-refractivity contribution in [2.45, 2.75) is 19.2 Å². The van der Waals surface area contributed by atoms with Gasteiger partial charge in [-0.05, 0) is 35.7 Å². The van der Waals surface area contributed by atoms with Gasteiger partial charge in [-0.2, -0.15) is 0 Å². The van der Waals surface area contributed by atoms with Crippen LogP contribution in [-0.2, 0) is 22.3 Å². The van der Waals surface area contributed by atoms with Gasteiger partial charge in [-0.3, -0.25) is 4.31 Å². The lowest BCUT2D eigenvalue weighted by Crippen LogP contribution is -2.28. The van der Waals surface area contributed by atoms with Gasteiger partial charge < -0.3 is 5.73 Å². The van der Waals surface area contributed by atoms with Crippen LogP contribution in [0.25, 0.3) is 0 Å². The van der Waals surface area contributed by atoms with Gasteiger partial charge in [0.15, 0.2) is 0 Å². The third kappa shape index (κ3) is 3.62. The number of benzene rings is 2. The number of nitrogens with zero attached hydrogens (tertiary/aromatic N) is 1. The summed E-state index contributed by atoms with van der Waals surface area (Å²) in [7, 11) is -1.86. The Balaban J connectivity index is 2.30. The van der Waals surface area contributed by atoms with Crippen molar-refractivity contribution in [2.75, 3.05) is 11.4 Å². The molecule has 0 radical (unpaired) electrons. The lowest BCUT2D eigenvalue weighted by molar-refractivity contribution is 0.593. The molecule has 0 bridgehead atoms. The number of sulfonamides is 1. The maximum absolute atomic E-state index is 12.6. The normalized spacial score (nSPS) is 11.4. The van der Waals surface area contributed by atoms with Crippen molar-refractivity contribution in [3.8, 4) is 0 Å². The first-order valence-electron chi connectivity index (χ1n) is 6.74. The molecule has 4 nitrogen and oxygen atoms in total. The molecule has 21 heavy (non-hydrogen) atoms. The summed E-state index contributed by atoms with van der Waals surface area (Å²) in [6.07, 6.45) is 0. The number of hydrogen-bond donors (Lipinski definition) is 1. The molecule has 0 aliphatic rings. The zero-order chi connectivity index (χ0) is 15.5. The zero-order valence-corrected chi connectivity index (χ0v) is 13.1. The second kappa shape index (κ2) is 6.28. The minimum atomic E-state index is -3.44. The molecule has 0 aliphatic carbocycles. The number of nitrogens with two attached hydrogens (primary N) is 1. The lowest BCUT2D eigenvalue weighted by atomic mass is 10.1. The number of rotatable bonds is 5. The van der Waals surface area contributed by atoms with Gasteiger partial charge in [-0.1, -0.05) is 36.4 Å². The number of aryl methyl sites for hydroxylation is 1. The standard InChI is InChI=1S/C16H20N2O2S/c1-13-6-5-9-16(10-13)18(2)21(19,20)12-15-8-4-3-7-14(15)11-17/h3-10H,11-12,17H2,1-2H3. The summed E-state index contributed by atoms with van der Waals surface area (Å²) in [5, 5.41) is 0. The Morgan fingerprint density at radius 2 is 1.71 bits per heavy atom. The van der Waals surface area contributed by atoms with Gasteiger partial charge >= 0.3 is 0 Å². The van der Waals surface area contributed by atoms with Crippen molar-refractivity contribution in [1.29, 1.82) is 0 Å². The Labute approximate surface area is 126 Å². The molecular weight excluding hydrogens is 284 g/mol. The number of hydrogen-bond acceptors (Lipinski definition) is 3. The second-order valence-electron chi connectivity index (χ2n) is 5.04. The Morgan fingerprint density at radius 1 is 1.05 bits per heavy atom. The average molecular weight is 304 g/mol. The highest BCUT2D eigenvalue weighted by molar-refractivity contribution is 7.92. The van der Waals surface area contributed by atoms with Gasteiger partial charge in [0.25, 0.3) is 0 Å². The van der Waals surface area contributed by atoms with E-state index < -0.39 is 10.0 Å². The van der Waals surface area contributed by atoms with Gasteiger partial charge in [-0.15, -0.1) is 0 Å². The monoisotopic (exact) mass is 304 g/mol. The van der Waals surface area contributed by atoms with E-state index in [0.29, 0.717) is 12.2 Å². The van der Waals surface area contributed by atoms with E-state index in [0.717, 1.165) is 16.7 Å². The lowest BCUT2D eigenvalue weighted by Gasteiger charge is -2.20. The smallest absolute Gasteiger partial charge is 0.239 e. The van der Waals surface area contributed by atoms with Crippen LogP contribution >= 0.6 is 0 Å². The van der Waals surface area contributed by atoms with E-state index in [2.05, 4.69) is 0 Å². The molecule has 0 heterocycles. The van der Waals surface area contributed by atoms with Crippen LogP contribution in [0.3, 0.4) is 0 Å². The van der Waals surface area contributed by atoms with Crippen LogP contribution < -0.4 is 10.0 Å². The maximum atomic E-state index is 12.6. The molecular formula is C16H20N2O2S. The van der Waals surface area contributed by atoms with Crippen LogP contribution in [0.2, 0.25) is 0 Å². The summed E-state index contributed by atoms with van der Waals surface area (Å²) >= 11 is 0. The van der Waals surface area contributed by atoms with E-state index in [1.54, 1.807) is 13.1 Å². The minimum Gasteiger partial charge on any atom is -0.326 e. The SMILES string of the molecule is Cc1cccc(N(C)S(=O)(=O)Cc2ccccc2CN)c1. The van der Waals surface area contributed by atoms with Crippen molar-refractivity contribution in [3.63, 3.8) is 0 Å². The van der Waals surface area contributed by atoms with Gasteiger partial charge in [-0.25, -0.2) is 8.42 Å². The van der Waals surface area contributed by atoms with Gasteiger partial charge in [0.05, 0.1) is 11.4 Å². The van der Waals surface area contributed by atoms with E-state index >= 15 is 0 Å². The third-order valence-corrected chi connectivity index (χ3v) is 5.18. The van der Waals surface area contributed by atoms with Crippen LogP contribution in [-0.4, -0.2) is 15.5 Å². The third-order valence-electron chi connectivity index (χ3n) is 3.46. The van der Waals surface area contributed by atoms with Gasteiger partial charge in [0, 0.05) is 13.6 Å². The van der Waals surface area contributed by atoms with E-state index in [1.165, 1.54) is 4.31 Å². The fraction of sp³-hybridized carbons (Fsp3) is 0.250. The molecule has 0 unspecified atom stereocenters. The molecule has 5 heteroatoms. The van der Waals surface area contributed by atoms with E-state index in [9.17, 15) is 8.42 Å². The van der Waals surface area contributed by atoms with E-state index in [1.807, 2.05) is 49.4 Å². The van der Waals surface area contributed by atoms with Gasteiger partial charge in [0.2, 0.25) is 10.0 Å². The van der Waals surface area contributed by atoms with E-state index in [4.69, 9.17) is 5.73 Å². The largest absolute Gasteiger partial charge is 0.326 e. The molecule has 2 aromatic carbocycles. The molecule has 0 atom stereocenters. The first-order valence-corrected chi connectivity index (χ1v) is 8.35. The summed E-state index contributed by atoms with van der Waals surface area (Å²) in [6, 6.07) is 14.8. The molecule has 2 N–H and O–H groups in total. The molecule has 112 valence electrons. The Kier molecular flexibility index (Phi) is 4.65. The highest BCUT2D eigenvalue weighted by atomic mass is 32.2. The highest BCUT2D eigenvalue weighted by Crippen LogP contribution is 2.21. The maximum Gasteiger partial charge on any atom is 0.239 e. The van der Waals surface area contributed by atoms with Crippen LogP contribution in [0.5, 0.6) is 0 Å². The summed E-state index contributed by atoms with van der Waals surface area (Å²) in [4.78, 5) is 0. The molecule has 0 aliphatic heterocycles. The van der Waals surface area contributed by atoms with Crippen molar-refractivity contribution >= 4 is 15.7 Å². The number of anilines is 1. The average Bonchev–Trinajstić information content (AvgIpc) is 2.46. The summed E-state index contributed by atoms with van der Waals surface area (Å²) < 4.78 is 26.5. The molecule has 0 spiro atoms. The molecule has 0 amide bonds. The van der Waals surface area contributed by atoms with Crippen LogP contribution in [0.15, 0.2) is 48.5 Å². The fourth-order valence-electron chi connectivity index (χ4n) is 2.18. The predicted molar refractivity (Wildman–Crippen MR) is 86.5 cm³/mol. The first kappa shape index (κ1) is 15.5. The van der Waals surface area contributed by atoms with Crippen LogP contribution in [0.4, 0.5) is 5.69 Å². The molecule has 0 saturated heterocycles. The quantitative estimate of drug-likeness (QED) is 0.922. The minimum absolute atomic E-state index is 0.0508. The molecule has 0 aromatic heterocycles. The zero-order valence-electron chi connectivity index (χ0n) is 12.3. The fourth-order valence-corrected chi connectivity index (χ4v) is 3.48. The molecule has 2 rings (SSSR count). The summed E-state index contributed by atoms with van der Waals surface area (Å²) in [5.41, 5.74) is 8.97. The van der Waals surface area contributed by atoms with Crippen molar-refractivity contribution in [1.82, 2.24) is 0 Å². The van der Waals surface area contributed by atoms with Crippen molar-refractivity contribution in [2.24, 2.45) is 5.73 Å². The van der Waals surface area contributed by atoms with E-state index in [-0.39, 0.29) is 5.75 Å². The molecule has 0 saturated carbocycles. The summed E-state index contributed by atoms with van der Waals surface area (Å²) in [5.74, 6) is -0.0508. The van der Waals surface area contributed by atoms with Crippen molar-refractivity contribution < 1.29 is 8.42 Å². The van der Waals surface area contributed by atoms with Gasteiger partial charge in [0.1, 0.15) is 0 Å². The van der Waals surface area contributed by atoms with Crippen LogP contribution in [0, 0.1) is 6.92 Å². The Morgan fingerprint density at radius 3 is 2.33 bits per heavy atom. The predicted octanol–water partition coefficient (Wildman–Crippen LogP) is 2.42. The highest BCUT2D eigenvalue weighted by Gasteiger charge is 2.20.